The molecular weight excluding hydrogens is 436 g/mol. The van der Waals surface area contributed by atoms with Crippen LogP contribution in [-0.2, 0) is 11.2 Å². The number of aromatic nitrogens is 2. The second kappa shape index (κ2) is 9.47. The molecular formula is C21H21BrN4O3. The summed E-state index contributed by atoms with van der Waals surface area (Å²) in [7, 11) is 0. The minimum atomic E-state index is -0.297. The van der Waals surface area contributed by atoms with Crippen LogP contribution >= 0.6 is 15.9 Å². The van der Waals surface area contributed by atoms with Crippen molar-refractivity contribution in [2.24, 2.45) is 5.10 Å². The molecule has 1 heterocycles. The average Bonchev–Trinajstić information content (AvgIpc) is 2.68. The van der Waals surface area contributed by atoms with Crippen molar-refractivity contribution in [3.63, 3.8) is 0 Å². The lowest BCUT2D eigenvalue weighted by atomic mass is 10.2. The lowest BCUT2D eigenvalue weighted by Crippen LogP contribution is -2.21. The van der Waals surface area contributed by atoms with Crippen molar-refractivity contribution >= 4 is 39.1 Å². The molecule has 0 spiro atoms. The van der Waals surface area contributed by atoms with E-state index in [0.29, 0.717) is 16.7 Å². The summed E-state index contributed by atoms with van der Waals surface area (Å²) in [6, 6.07) is 12.8. The highest BCUT2D eigenvalue weighted by Crippen LogP contribution is 2.26. The van der Waals surface area contributed by atoms with Gasteiger partial charge in [0.2, 0.25) is 5.91 Å². The fourth-order valence-corrected chi connectivity index (χ4v) is 3.14. The van der Waals surface area contributed by atoms with Gasteiger partial charge in [0, 0.05) is 12.8 Å². The van der Waals surface area contributed by atoms with Crippen molar-refractivity contribution < 1.29 is 9.53 Å². The summed E-state index contributed by atoms with van der Waals surface area (Å²) in [5.41, 5.74) is 4.68. The van der Waals surface area contributed by atoms with Gasteiger partial charge in [0.25, 0.3) is 5.56 Å². The highest BCUT2D eigenvalue weighted by Gasteiger charge is 2.08. The number of carbonyl (C=O) groups is 1. The Morgan fingerprint density at radius 1 is 1.31 bits per heavy atom. The molecule has 8 heteroatoms. The molecule has 3 aromatic rings. The maximum absolute atomic E-state index is 12.1. The fourth-order valence-electron chi connectivity index (χ4n) is 2.65. The molecule has 0 fully saturated rings. The van der Waals surface area contributed by atoms with Gasteiger partial charge in [0.05, 0.1) is 27.8 Å². The summed E-state index contributed by atoms with van der Waals surface area (Å²) >= 11 is 3.46. The second-order valence-electron chi connectivity index (χ2n) is 6.68. The average molecular weight is 457 g/mol. The van der Waals surface area contributed by atoms with Crippen molar-refractivity contribution in [2.45, 2.75) is 32.8 Å². The van der Waals surface area contributed by atoms with E-state index in [1.807, 2.05) is 50.2 Å². The fraction of sp³-hybridized carbons (Fsp3) is 0.238. The SMILES string of the molecule is CC(C)Oc1ccc(/C=N\NC(=O)CCc2nc3ccccc3[nH]c2=O)cc1Br. The number of hydrazone groups is 1. The number of amides is 1. The van der Waals surface area contributed by atoms with Crippen LogP contribution in [0.3, 0.4) is 0 Å². The smallest absolute Gasteiger partial charge is 0.270 e. The van der Waals surface area contributed by atoms with Gasteiger partial charge in [-0.15, -0.1) is 0 Å². The number of rotatable bonds is 7. The molecule has 0 saturated heterocycles. The summed E-state index contributed by atoms with van der Waals surface area (Å²) in [6.07, 6.45) is 1.96. The predicted octanol–water partition coefficient (Wildman–Crippen LogP) is 3.56. The van der Waals surface area contributed by atoms with Crippen LogP contribution in [0, 0.1) is 0 Å². The number of H-pyrrole nitrogens is 1. The molecule has 150 valence electrons. The Hall–Kier alpha value is -3.00. The third kappa shape index (κ3) is 5.74. The molecule has 1 aromatic heterocycles. The van der Waals surface area contributed by atoms with E-state index >= 15 is 0 Å². The molecule has 0 aliphatic heterocycles. The largest absolute Gasteiger partial charge is 0.490 e. The summed E-state index contributed by atoms with van der Waals surface area (Å²) in [4.78, 5) is 31.2. The number of aromatic amines is 1. The number of nitrogens with one attached hydrogen (secondary N) is 2. The first-order valence-electron chi connectivity index (χ1n) is 9.18. The lowest BCUT2D eigenvalue weighted by molar-refractivity contribution is -0.121. The molecule has 2 N–H and O–H groups in total. The van der Waals surface area contributed by atoms with Gasteiger partial charge in [-0.1, -0.05) is 12.1 Å². The monoisotopic (exact) mass is 456 g/mol. The summed E-state index contributed by atoms with van der Waals surface area (Å²) < 4.78 is 6.47. The molecule has 1 amide bonds. The maximum Gasteiger partial charge on any atom is 0.270 e. The Morgan fingerprint density at radius 2 is 2.10 bits per heavy atom. The summed E-state index contributed by atoms with van der Waals surface area (Å²) in [6.45, 7) is 3.91. The summed E-state index contributed by atoms with van der Waals surface area (Å²) in [5.74, 6) is 0.448. The predicted molar refractivity (Wildman–Crippen MR) is 116 cm³/mol. The van der Waals surface area contributed by atoms with E-state index in [1.54, 1.807) is 12.3 Å². The van der Waals surface area contributed by atoms with Crippen LogP contribution in [0.5, 0.6) is 5.75 Å². The molecule has 0 saturated carbocycles. The minimum absolute atomic E-state index is 0.0782. The van der Waals surface area contributed by atoms with Crippen molar-refractivity contribution in [1.82, 2.24) is 15.4 Å². The minimum Gasteiger partial charge on any atom is -0.490 e. The number of carbonyl (C=O) groups excluding carboxylic acids is 1. The summed E-state index contributed by atoms with van der Waals surface area (Å²) in [5, 5.41) is 3.97. The van der Waals surface area contributed by atoms with Crippen molar-refractivity contribution in [1.29, 1.82) is 0 Å². The van der Waals surface area contributed by atoms with Crippen LogP contribution in [-0.4, -0.2) is 28.2 Å². The van der Waals surface area contributed by atoms with Gasteiger partial charge in [-0.3, -0.25) is 9.59 Å². The highest BCUT2D eigenvalue weighted by molar-refractivity contribution is 9.10. The van der Waals surface area contributed by atoms with Crippen LogP contribution in [0.15, 0.2) is 56.8 Å². The van der Waals surface area contributed by atoms with Gasteiger partial charge in [-0.05, 0) is 65.7 Å². The standard InChI is InChI=1S/C21H21BrN4O3/c1-13(2)29-19-9-7-14(11-15(19)22)12-23-26-20(27)10-8-18-21(28)25-17-6-4-3-5-16(17)24-18/h3-7,9,11-13H,8,10H2,1-2H3,(H,25,28)(H,26,27)/b23-12-. The molecule has 0 aliphatic carbocycles. The van der Waals surface area contributed by atoms with E-state index in [9.17, 15) is 9.59 Å². The van der Waals surface area contributed by atoms with Crippen LogP contribution in [0.4, 0.5) is 0 Å². The van der Waals surface area contributed by atoms with Gasteiger partial charge in [-0.25, -0.2) is 10.4 Å². The zero-order chi connectivity index (χ0) is 20.8. The molecule has 0 unspecified atom stereocenters. The first-order valence-corrected chi connectivity index (χ1v) is 9.97. The van der Waals surface area contributed by atoms with Crippen molar-refractivity contribution in [2.75, 3.05) is 0 Å². The lowest BCUT2D eigenvalue weighted by Gasteiger charge is -2.11. The van der Waals surface area contributed by atoms with Crippen LogP contribution in [0.2, 0.25) is 0 Å². The van der Waals surface area contributed by atoms with Gasteiger partial charge >= 0.3 is 0 Å². The number of fused-ring (bicyclic) bond motifs is 1. The highest BCUT2D eigenvalue weighted by atomic mass is 79.9. The third-order valence-corrected chi connectivity index (χ3v) is 4.60. The normalized spacial score (nSPS) is 11.3. The van der Waals surface area contributed by atoms with Gasteiger partial charge in [0.1, 0.15) is 11.4 Å². The molecule has 7 nitrogen and oxygen atoms in total. The van der Waals surface area contributed by atoms with Crippen LogP contribution in [0.1, 0.15) is 31.5 Å². The Morgan fingerprint density at radius 3 is 2.86 bits per heavy atom. The second-order valence-corrected chi connectivity index (χ2v) is 7.53. The number of halogens is 1. The Kier molecular flexibility index (Phi) is 6.77. The van der Waals surface area contributed by atoms with Crippen molar-refractivity contribution in [3.8, 4) is 5.75 Å². The van der Waals surface area contributed by atoms with E-state index in [0.717, 1.165) is 15.8 Å². The molecule has 0 radical (unpaired) electrons. The molecule has 0 aliphatic rings. The van der Waals surface area contributed by atoms with Crippen LogP contribution in [0.25, 0.3) is 11.0 Å². The quantitative estimate of drug-likeness (QED) is 0.419. The van der Waals surface area contributed by atoms with Crippen molar-refractivity contribution in [3.05, 3.63) is 68.5 Å². The Labute approximate surface area is 176 Å². The van der Waals surface area contributed by atoms with Gasteiger partial charge < -0.3 is 9.72 Å². The molecule has 2 aromatic carbocycles. The van der Waals surface area contributed by atoms with E-state index < -0.39 is 0 Å². The van der Waals surface area contributed by atoms with E-state index in [-0.39, 0.29) is 30.4 Å². The van der Waals surface area contributed by atoms with Gasteiger partial charge in [-0.2, -0.15) is 5.10 Å². The number of para-hydroxylation sites is 2. The topological polar surface area (TPSA) is 96.4 Å². The molecule has 3 rings (SSSR count). The maximum atomic E-state index is 12.1. The molecule has 0 atom stereocenters. The zero-order valence-electron chi connectivity index (χ0n) is 16.1. The molecule has 29 heavy (non-hydrogen) atoms. The zero-order valence-corrected chi connectivity index (χ0v) is 17.7. The third-order valence-electron chi connectivity index (χ3n) is 3.98. The van der Waals surface area contributed by atoms with Gasteiger partial charge in [0.15, 0.2) is 0 Å². The number of hydrogen-bond donors (Lipinski definition) is 2. The number of aryl methyl sites for hydroxylation is 1. The van der Waals surface area contributed by atoms with E-state index in [2.05, 4.69) is 36.4 Å². The number of nitrogens with zero attached hydrogens (tertiary/aromatic N) is 2. The number of benzene rings is 2. The Bertz CT molecular complexity index is 1110. The number of hydrogen-bond acceptors (Lipinski definition) is 5. The molecule has 0 bridgehead atoms. The van der Waals surface area contributed by atoms with Crippen LogP contribution < -0.4 is 15.7 Å². The van der Waals surface area contributed by atoms with E-state index in [1.165, 1.54) is 0 Å². The first kappa shape index (κ1) is 20.7. The number of ether oxygens (including phenoxy) is 1. The first-order chi connectivity index (χ1) is 13.9. The van der Waals surface area contributed by atoms with E-state index in [4.69, 9.17) is 4.74 Å². The Balaban J connectivity index is 1.55.